The maximum absolute atomic E-state index is 11.4. The Morgan fingerprint density at radius 2 is 2.19 bits per heavy atom. The summed E-state index contributed by atoms with van der Waals surface area (Å²) in [5.41, 5.74) is 3.21. The molecule has 0 bridgehead atoms. The van der Waals surface area contributed by atoms with Crippen molar-refractivity contribution in [3.8, 4) is 11.5 Å². The first-order valence-electron chi connectivity index (χ1n) is 5.92. The minimum absolute atomic E-state index is 0.228. The topological polar surface area (TPSA) is 111 Å². The minimum atomic E-state index is -0.473. The number of benzene rings is 1. The Kier molecular flexibility index (Phi) is 3.28. The molecule has 4 N–H and O–H groups in total. The molecule has 0 radical (unpaired) electrons. The van der Waals surface area contributed by atoms with Gasteiger partial charge in [0.25, 0.3) is 0 Å². The molecule has 3 rings (SSSR count). The smallest absolute Gasteiger partial charge is 0.347 e. The van der Waals surface area contributed by atoms with Crippen LogP contribution in [0.5, 0.6) is 11.5 Å². The average molecular weight is 302 g/mol. The van der Waals surface area contributed by atoms with E-state index in [0.717, 1.165) is 4.70 Å². The zero-order valence-corrected chi connectivity index (χ0v) is 11.4. The van der Waals surface area contributed by atoms with Crippen molar-refractivity contribution in [2.24, 2.45) is 5.10 Å². The highest BCUT2D eigenvalue weighted by Gasteiger charge is 2.06. The third kappa shape index (κ3) is 2.56. The largest absolute Gasteiger partial charge is 0.504 e. The summed E-state index contributed by atoms with van der Waals surface area (Å²) >= 11 is 1.42. The molecule has 0 saturated carbocycles. The van der Waals surface area contributed by atoms with E-state index in [-0.39, 0.29) is 11.5 Å². The minimum Gasteiger partial charge on any atom is -0.504 e. The van der Waals surface area contributed by atoms with Crippen LogP contribution in [0.25, 0.3) is 10.2 Å². The highest BCUT2D eigenvalue weighted by atomic mass is 32.1. The number of phenols is 2. The molecule has 8 heteroatoms. The molecular weight excluding hydrogens is 292 g/mol. The highest BCUT2D eigenvalue weighted by Crippen LogP contribution is 2.27. The van der Waals surface area contributed by atoms with Crippen LogP contribution in [-0.4, -0.2) is 26.4 Å². The lowest BCUT2D eigenvalue weighted by Crippen LogP contribution is -2.11. The number of thiophene rings is 1. The van der Waals surface area contributed by atoms with E-state index in [1.807, 2.05) is 5.38 Å². The van der Waals surface area contributed by atoms with E-state index in [2.05, 4.69) is 20.5 Å². The second kappa shape index (κ2) is 5.25. The zero-order chi connectivity index (χ0) is 14.8. The Morgan fingerprint density at radius 1 is 1.33 bits per heavy atom. The second-order valence-corrected chi connectivity index (χ2v) is 5.06. The Labute approximate surface area is 122 Å². The van der Waals surface area contributed by atoms with E-state index in [0.29, 0.717) is 16.9 Å². The van der Waals surface area contributed by atoms with Gasteiger partial charge in [0.05, 0.1) is 16.4 Å². The van der Waals surface area contributed by atoms with Gasteiger partial charge in [0.15, 0.2) is 17.3 Å². The summed E-state index contributed by atoms with van der Waals surface area (Å²) in [5, 5.41) is 24.8. The second-order valence-electron chi connectivity index (χ2n) is 4.14. The Balaban J connectivity index is 1.89. The van der Waals surface area contributed by atoms with Crippen molar-refractivity contribution < 1.29 is 10.2 Å². The van der Waals surface area contributed by atoms with E-state index < -0.39 is 5.69 Å². The molecule has 0 amide bonds. The summed E-state index contributed by atoms with van der Waals surface area (Å²) in [6, 6.07) is 6.32. The standard InChI is InChI=1S/C13H10N4O3S/c18-9-3-1-2-7(10(9)19)6-14-17-12-11-8(4-5-21-11)15-13(20)16-12/h1-6,18-19H,(H2,15,16,17,20). The fourth-order valence-electron chi connectivity index (χ4n) is 1.78. The molecule has 0 atom stereocenters. The summed E-state index contributed by atoms with van der Waals surface area (Å²) in [6.07, 6.45) is 1.33. The molecule has 0 saturated heterocycles. The van der Waals surface area contributed by atoms with Gasteiger partial charge in [0, 0.05) is 5.56 Å². The number of nitrogens with one attached hydrogen (secondary N) is 2. The summed E-state index contributed by atoms with van der Waals surface area (Å²) in [4.78, 5) is 17.8. The molecule has 0 aliphatic carbocycles. The Morgan fingerprint density at radius 3 is 3.05 bits per heavy atom. The Bertz CT molecular complexity index is 884. The van der Waals surface area contributed by atoms with Crippen molar-refractivity contribution in [1.82, 2.24) is 9.97 Å². The van der Waals surface area contributed by atoms with Gasteiger partial charge in [-0.1, -0.05) is 6.07 Å². The SMILES string of the molecule is O=c1nc(NN=Cc2cccc(O)c2O)c2sccc2[nH]1. The highest BCUT2D eigenvalue weighted by molar-refractivity contribution is 7.17. The molecular formula is C13H10N4O3S. The van der Waals surface area contributed by atoms with Gasteiger partial charge in [0.2, 0.25) is 0 Å². The maximum atomic E-state index is 11.4. The first-order valence-corrected chi connectivity index (χ1v) is 6.80. The van der Waals surface area contributed by atoms with E-state index in [1.54, 1.807) is 18.2 Å². The molecule has 3 aromatic rings. The third-order valence-electron chi connectivity index (χ3n) is 2.76. The molecule has 7 nitrogen and oxygen atoms in total. The molecule has 21 heavy (non-hydrogen) atoms. The summed E-state index contributed by atoms with van der Waals surface area (Å²) in [5.74, 6) is -0.156. The van der Waals surface area contributed by atoms with Crippen LogP contribution in [-0.2, 0) is 0 Å². The maximum Gasteiger partial charge on any atom is 0.347 e. The van der Waals surface area contributed by atoms with Gasteiger partial charge in [-0.05, 0) is 23.6 Å². The number of para-hydroxylation sites is 1. The molecule has 0 aliphatic heterocycles. The Hall–Kier alpha value is -2.87. The number of anilines is 1. The van der Waals surface area contributed by atoms with Crippen molar-refractivity contribution in [3.05, 3.63) is 45.7 Å². The number of fused-ring (bicyclic) bond motifs is 1. The van der Waals surface area contributed by atoms with Gasteiger partial charge >= 0.3 is 5.69 Å². The van der Waals surface area contributed by atoms with Crippen LogP contribution in [0, 0.1) is 0 Å². The van der Waals surface area contributed by atoms with Crippen molar-refractivity contribution in [3.63, 3.8) is 0 Å². The summed E-state index contributed by atoms with van der Waals surface area (Å²) < 4.78 is 0.770. The number of aromatic amines is 1. The number of hydrogen-bond acceptors (Lipinski definition) is 7. The molecule has 0 fully saturated rings. The van der Waals surface area contributed by atoms with E-state index in [1.165, 1.54) is 23.6 Å². The van der Waals surface area contributed by atoms with E-state index in [4.69, 9.17) is 0 Å². The van der Waals surface area contributed by atoms with Gasteiger partial charge in [-0.25, -0.2) is 4.79 Å². The van der Waals surface area contributed by atoms with E-state index in [9.17, 15) is 15.0 Å². The van der Waals surface area contributed by atoms with Crippen LogP contribution < -0.4 is 11.1 Å². The van der Waals surface area contributed by atoms with Crippen molar-refractivity contribution >= 4 is 33.6 Å². The first-order chi connectivity index (χ1) is 10.1. The number of rotatable bonds is 3. The quantitative estimate of drug-likeness (QED) is 0.335. The fraction of sp³-hybridized carbons (Fsp3) is 0. The van der Waals surface area contributed by atoms with Crippen molar-refractivity contribution in [2.75, 3.05) is 5.43 Å². The first kappa shape index (κ1) is 13.1. The molecule has 0 unspecified atom stereocenters. The summed E-state index contributed by atoms with van der Waals surface area (Å²) in [6.45, 7) is 0. The molecule has 0 aliphatic rings. The molecule has 1 aromatic carbocycles. The normalized spacial score (nSPS) is 11.2. The van der Waals surface area contributed by atoms with E-state index >= 15 is 0 Å². The monoisotopic (exact) mass is 302 g/mol. The molecule has 2 aromatic heterocycles. The van der Waals surface area contributed by atoms with Crippen LogP contribution in [0.1, 0.15) is 5.56 Å². The predicted molar refractivity (Wildman–Crippen MR) is 81.2 cm³/mol. The number of nitrogens with zero attached hydrogens (tertiary/aromatic N) is 2. The number of aromatic hydroxyl groups is 2. The molecule has 0 spiro atoms. The number of phenolic OH excluding ortho intramolecular Hbond substituents is 2. The predicted octanol–water partition coefficient (Wildman–Crippen LogP) is 1.84. The van der Waals surface area contributed by atoms with Gasteiger partial charge in [0.1, 0.15) is 0 Å². The van der Waals surface area contributed by atoms with Crippen molar-refractivity contribution in [1.29, 1.82) is 0 Å². The number of hydrazone groups is 1. The lowest BCUT2D eigenvalue weighted by molar-refractivity contribution is 0.403. The summed E-state index contributed by atoms with van der Waals surface area (Å²) in [7, 11) is 0. The average Bonchev–Trinajstić information content (AvgIpc) is 2.91. The molecule has 106 valence electrons. The third-order valence-corrected chi connectivity index (χ3v) is 3.68. The van der Waals surface area contributed by atoms with Crippen LogP contribution in [0.3, 0.4) is 0 Å². The molecule has 2 heterocycles. The number of aromatic nitrogens is 2. The van der Waals surface area contributed by atoms with Crippen molar-refractivity contribution in [2.45, 2.75) is 0 Å². The van der Waals surface area contributed by atoms with Gasteiger partial charge < -0.3 is 15.2 Å². The number of H-pyrrole nitrogens is 1. The van der Waals surface area contributed by atoms with Crippen LogP contribution in [0.2, 0.25) is 0 Å². The number of hydrogen-bond donors (Lipinski definition) is 4. The lowest BCUT2D eigenvalue weighted by Gasteiger charge is -2.02. The van der Waals surface area contributed by atoms with Gasteiger partial charge in [-0.3, -0.25) is 5.43 Å². The van der Waals surface area contributed by atoms with Gasteiger partial charge in [-0.15, -0.1) is 11.3 Å². The zero-order valence-electron chi connectivity index (χ0n) is 10.6. The van der Waals surface area contributed by atoms with Crippen LogP contribution in [0.15, 0.2) is 39.5 Å². The van der Waals surface area contributed by atoms with Gasteiger partial charge in [-0.2, -0.15) is 10.1 Å². The lowest BCUT2D eigenvalue weighted by atomic mass is 10.2. The van der Waals surface area contributed by atoms with Crippen LogP contribution >= 0.6 is 11.3 Å². The fourth-order valence-corrected chi connectivity index (χ4v) is 2.57. The van der Waals surface area contributed by atoms with Crippen LogP contribution in [0.4, 0.5) is 5.82 Å².